The number of rotatable bonds is 12. The zero-order valence-corrected chi connectivity index (χ0v) is 18.9. The molecule has 0 saturated carbocycles. The molecule has 0 radical (unpaired) electrons. The van der Waals surface area contributed by atoms with Gasteiger partial charge in [-0.2, -0.15) is 0 Å². The number of nitro groups is 1. The van der Waals surface area contributed by atoms with E-state index < -0.39 is 22.7 Å². The average Bonchev–Trinajstić information content (AvgIpc) is 2.80. The second-order valence-corrected chi connectivity index (χ2v) is 7.85. The molecule has 10 nitrogen and oxygen atoms in total. The van der Waals surface area contributed by atoms with E-state index in [0.29, 0.717) is 23.8 Å². The lowest BCUT2D eigenvalue weighted by molar-refractivity contribution is -0.384. The first-order valence-corrected chi connectivity index (χ1v) is 10.7. The van der Waals surface area contributed by atoms with Gasteiger partial charge < -0.3 is 20.5 Å². The highest BCUT2D eigenvalue weighted by molar-refractivity contribution is 6.05. The van der Waals surface area contributed by atoms with Gasteiger partial charge in [0.2, 0.25) is 0 Å². The monoisotopic (exact) mass is 469 g/mol. The Hall–Kier alpha value is -4.21. The molecule has 3 N–H and O–H groups in total. The number of non-ortho nitro benzene ring substituents is 1. The zero-order chi connectivity index (χ0) is 25.1. The van der Waals surface area contributed by atoms with Crippen molar-refractivity contribution in [3.05, 3.63) is 75.5 Å². The molecule has 0 aliphatic rings. The van der Waals surface area contributed by atoms with Gasteiger partial charge in [0.25, 0.3) is 17.5 Å². The SMILES string of the molecule is CC(C)COc1ccc(C(=O)N/C(=C/c2cccc([N+](=O)[O-])c2)C(=O)NCCCC(=O)O)cc1. The van der Waals surface area contributed by atoms with Crippen molar-refractivity contribution in [1.82, 2.24) is 10.6 Å². The number of nitro benzene ring substituents is 1. The number of carboxylic acid groups (broad SMARTS) is 1. The Kier molecular flexibility index (Phi) is 9.75. The highest BCUT2D eigenvalue weighted by Crippen LogP contribution is 2.17. The van der Waals surface area contributed by atoms with Crippen molar-refractivity contribution in [3.63, 3.8) is 0 Å². The van der Waals surface area contributed by atoms with E-state index in [1.807, 2.05) is 13.8 Å². The lowest BCUT2D eigenvalue weighted by Crippen LogP contribution is -2.35. The molecule has 0 spiro atoms. The van der Waals surface area contributed by atoms with E-state index in [0.717, 1.165) is 0 Å². The van der Waals surface area contributed by atoms with Crippen LogP contribution < -0.4 is 15.4 Å². The van der Waals surface area contributed by atoms with Crippen LogP contribution in [0.2, 0.25) is 0 Å². The normalized spacial score (nSPS) is 11.1. The van der Waals surface area contributed by atoms with Gasteiger partial charge in [-0.05, 0) is 48.2 Å². The highest BCUT2D eigenvalue weighted by atomic mass is 16.6. The van der Waals surface area contributed by atoms with Crippen molar-refractivity contribution in [3.8, 4) is 5.75 Å². The predicted molar refractivity (Wildman–Crippen MR) is 125 cm³/mol. The van der Waals surface area contributed by atoms with Crippen LogP contribution in [0.25, 0.3) is 6.08 Å². The number of hydrogen-bond donors (Lipinski definition) is 3. The molecule has 0 saturated heterocycles. The second kappa shape index (κ2) is 12.7. The van der Waals surface area contributed by atoms with E-state index >= 15 is 0 Å². The van der Waals surface area contributed by atoms with Crippen molar-refractivity contribution >= 4 is 29.5 Å². The Labute approximate surface area is 196 Å². The minimum Gasteiger partial charge on any atom is -0.493 e. The molecule has 0 heterocycles. The predicted octanol–water partition coefficient (Wildman–Crippen LogP) is 3.38. The smallest absolute Gasteiger partial charge is 0.303 e. The summed E-state index contributed by atoms with van der Waals surface area (Å²) in [7, 11) is 0. The summed E-state index contributed by atoms with van der Waals surface area (Å²) in [6.07, 6.45) is 1.40. The molecule has 2 rings (SSSR count). The second-order valence-electron chi connectivity index (χ2n) is 7.85. The Balaban J connectivity index is 2.20. The summed E-state index contributed by atoms with van der Waals surface area (Å²) in [6, 6.07) is 12.0. The van der Waals surface area contributed by atoms with Gasteiger partial charge in [0.1, 0.15) is 11.4 Å². The number of nitrogens with zero attached hydrogens (tertiary/aromatic N) is 1. The summed E-state index contributed by atoms with van der Waals surface area (Å²) in [5, 5.41) is 24.9. The lowest BCUT2D eigenvalue weighted by atomic mass is 10.1. The molecule has 0 atom stereocenters. The maximum absolute atomic E-state index is 12.8. The molecule has 0 fully saturated rings. The van der Waals surface area contributed by atoms with Gasteiger partial charge in [-0.1, -0.05) is 26.0 Å². The Morgan fingerprint density at radius 3 is 2.47 bits per heavy atom. The molecule has 0 bridgehead atoms. The maximum Gasteiger partial charge on any atom is 0.303 e. The molecular weight excluding hydrogens is 442 g/mol. The molecule has 0 aliphatic heterocycles. The van der Waals surface area contributed by atoms with Crippen LogP contribution in [0.4, 0.5) is 5.69 Å². The van der Waals surface area contributed by atoms with E-state index in [2.05, 4.69) is 10.6 Å². The number of carbonyl (C=O) groups is 3. The van der Waals surface area contributed by atoms with Gasteiger partial charge in [-0.15, -0.1) is 0 Å². The van der Waals surface area contributed by atoms with Gasteiger partial charge in [0.15, 0.2) is 0 Å². The minimum atomic E-state index is -0.990. The molecule has 2 aromatic carbocycles. The third-order valence-electron chi connectivity index (χ3n) is 4.44. The highest BCUT2D eigenvalue weighted by Gasteiger charge is 2.16. The summed E-state index contributed by atoms with van der Waals surface area (Å²) >= 11 is 0. The lowest BCUT2D eigenvalue weighted by Gasteiger charge is -2.12. The zero-order valence-electron chi connectivity index (χ0n) is 18.9. The molecule has 0 aliphatic carbocycles. The van der Waals surface area contributed by atoms with Crippen LogP contribution in [0.1, 0.15) is 42.6 Å². The summed E-state index contributed by atoms with van der Waals surface area (Å²) in [4.78, 5) is 46.6. The van der Waals surface area contributed by atoms with Crippen LogP contribution in [-0.2, 0) is 9.59 Å². The van der Waals surface area contributed by atoms with Gasteiger partial charge in [0.05, 0.1) is 11.5 Å². The largest absolute Gasteiger partial charge is 0.493 e. The summed E-state index contributed by atoms with van der Waals surface area (Å²) in [6.45, 7) is 4.65. The molecule has 10 heteroatoms. The van der Waals surface area contributed by atoms with E-state index in [-0.39, 0.29) is 36.3 Å². The fourth-order valence-electron chi connectivity index (χ4n) is 2.75. The number of amides is 2. The molecule has 34 heavy (non-hydrogen) atoms. The summed E-state index contributed by atoms with van der Waals surface area (Å²) in [5.74, 6) is -1.25. The Morgan fingerprint density at radius 1 is 1.15 bits per heavy atom. The number of benzene rings is 2. The fraction of sp³-hybridized carbons (Fsp3) is 0.292. The number of nitrogens with one attached hydrogen (secondary N) is 2. The third-order valence-corrected chi connectivity index (χ3v) is 4.44. The van der Waals surface area contributed by atoms with Crippen molar-refractivity contribution in [1.29, 1.82) is 0 Å². The molecule has 0 unspecified atom stereocenters. The first-order valence-electron chi connectivity index (χ1n) is 10.7. The van der Waals surface area contributed by atoms with Crippen LogP contribution in [0.15, 0.2) is 54.2 Å². The van der Waals surface area contributed by atoms with Crippen molar-refractivity contribution in [2.45, 2.75) is 26.7 Å². The van der Waals surface area contributed by atoms with Crippen LogP contribution >= 0.6 is 0 Å². The maximum atomic E-state index is 12.8. The van der Waals surface area contributed by atoms with Gasteiger partial charge in [0, 0.05) is 30.7 Å². The van der Waals surface area contributed by atoms with E-state index in [9.17, 15) is 24.5 Å². The van der Waals surface area contributed by atoms with Crippen molar-refractivity contribution in [2.24, 2.45) is 5.92 Å². The van der Waals surface area contributed by atoms with Gasteiger partial charge >= 0.3 is 5.97 Å². The number of carbonyl (C=O) groups excluding carboxylic acids is 2. The van der Waals surface area contributed by atoms with Gasteiger partial charge in [-0.25, -0.2) is 0 Å². The fourth-order valence-corrected chi connectivity index (χ4v) is 2.75. The first-order chi connectivity index (χ1) is 16.2. The molecule has 180 valence electrons. The number of carboxylic acids is 1. The molecule has 2 amide bonds. The van der Waals surface area contributed by atoms with Crippen molar-refractivity contribution < 1.29 is 29.2 Å². The number of aliphatic carboxylic acids is 1. The van der Waals surface area contributed by atoms with E-state index in [4.69, 9.17) is 9.84 Å². The van der Waals surface area contributed by atoms with E-state index in [1.54, 1.807) is 30.3 Å². The minimum absolute atomic E-state index is 0.0785. The average molecular weight is 469 g/mol. The third kappa shape index (κ3) is 8.73. The summed E-state index contributed by atoms with van der Waals surface area (Å²) < 4.78 is 5.60. The van der Waals surface area contributed by atoms with Crippen LogP contribution in [0.5, 0.6) is 5.75 Å². The Morgan fingerprint density at radius 2 is 1.85 bits per heavy atom. The molecular formula is C24H27N3O7. The summed E-state index contributed by atoms with van der Waals surface area (Å²) in [5.41, 5.74) is 0.308. The molecule has 0 aromatic heterocycles. The first kappa shape index (κ1) is 26.0. The number of hydrogen-bond acceptors (Lipinski definition) is 6. The van der Waals surface area contributed by atoms with Gasteiger partial charge in [-0.3, -0.25) is 24.5 Å². The van der Waals surface area contributed by atoms with Crippen LogP contribution in [-0.4, -0.2) is 41.0 Å². The topological polar surface area (TPSA) is 148 Å². The Bertz CT molecular complexity index is 1060. The standard InChI is InChI=1S/C24H27N3O7/c1-16(2)15-34-20-10-8-18(9-11-20)23(30)26-21(24(31)25-12-4-7-22(28)29)14-17-5-3-6-19(13-17)27(32)33/h3,5-6,8-11,13-14,16H,4,7,12,15H2,1-2H3,(H,25,31)(H,26,30)(H,28,29)/b21-14+. The molecule has 2 aromatic rings. The van der Waals surface area contributed by atoms with Crippen LogP contribution in [0.3, 0.4) is 0 Å². The number of ether oxygens (including phenoxy) is 1. The quantitative estimate of drug-likeness (QED) is 0.187. The van der Waals surface area contributed by atoms with Crippen molar-refractivity contribution in [2.75, 3.05) is 13.2 Å². The van der Waals surface area contributed by atoms with E-state index in [1.165, 1.54) is 24.3 Å². The van der Waals surface area contributed by atoms with Crippen LogP contribution in [0, 0.1) is 16.0 Å².